The number of oxazole rings is 1. The molecular formula is C22H21N5O2. The van der Waals surface area contributed by atoms with Crippen LogP contribution in [0.25, 0.3) is 5.65 Å². The topological polar surface area (TPSA) is 84.5 Å². The van der Waals surface area contributed by atoms with Gasteiger partial charge in [-0.25, -0.2) is 9.97 Å². The number of nitrogens with one attached hydrogen (secondary N) is 2. The Morgan fingerprint density at radius 2 is 2.10 bits per heavy atom. The molecule has 146 valence electrons. The maximum Gasteiger partial charge on any atom is 0.234 e. The Kier molecular flexibility index (Phi) is 4.08. The lowest BCUT2D eigenvalue weighted by atomic mass is 9.90. The lowest BCUT2D eigenvalue weighted by Gasteiger charge is -2.24. The van der Waals surface area contributed by atoms with E-state index in [0.29, 0.717) is 18.7 Å². The summed E-state index contributed by atoms with van der Waals surface area (Å²) < 4.78 is 7.35. The molecule has 7 nitrogen and oxygen atoms in total. The van der Waals surface area contributed by atoms with Gasteiger partial charge in [0.2, 0.25) is 5.91 Å². The smallest absolute Gasteiger partial charge is 0.234 e. The summed E-state index contributed by atoms with van der Waals surface area (Å²) in [5.41, 5.74) is 5.78. The van der Waals surface area contributed by atoms with Gasteiger partial charge in [-0.2, -0.15) is 0 Å². The van der Waals surface area contributed by atoms with Gasteiger partial charge < -0.3 is 15.1 Å². The van der Waals surface area contributed by atoms with E-state index in [1.165, 1.54) is 6.39 Å². The fraction of sp³-hybridized carbons (Fsp3) is 0.227. The van der Waals surface area contributed by atoms with E-state index in [9.17, 15) is 4.79 Å². The number of carbonyl (C=O) groups excluding carboxylic acids is 1. The Bertz CT molecular complexity index is 1210. The molecule has 4 heterocycles. The molecule has 0 fully saturated rings. The molecule has 4 aromatic rings. The number of amides is 1. The monoisotopic (exact) mass is 387 g/mol. The lowest BCUT2D eigenvalue weighted by Crippen LogP contribution is -2.29. The van der Waals surface area contributed by atoms with Gasteiger partial charge in [0.25, 0.3) is 0 Å². The van der Waals surface area contributed by atoms with Gasteiger partial charge in [0, 0.05) is 11.9 Å². The first-order valence-electron chi connectivity index (χ1n) is 9.59. The molecule has 2 N–H and O–H groups in total. The predicted octanol–water partition coefficient (Wildman–Crippen LogP) is 3.83. The summed E-state index contributed by atoms with van der Waals surface area (Å²) >= 11 is 0. The minimum absolute atomic E-state index is 0.0362. The summed E-state index contributed by atoms with van der Waals surface area (Å²) in [7, 11) is 0. The largest absolute Gasteiger partial charge is 0.447 e. The summed E-state index contributed by atoms with van der Waals surface area (Å²) in [6.45, 7) is 4.51. The Hall–Kier alpha value is -3.61. The average Bonchev–Trinajstić information content (AvgIpc) is 3.33. The van der Waals surface area contributed by atoms with E-state index >= 15 is 0 Å². The number of hydrogen-bond donors (Lipinski definition) is 2. The molecule has 1 unspecified atom stereocenters. The van der Waals surface area contributed by atoms with Crippen molar-refractivity contribution in [2.45, 2.75) is 32.7 Å². The Morgan fingerprint density at radius 3 is 2.93 bits per heavy atom. The molecule has 1 amide bonds. The van der Waals surface area contributed by atoms with Gasteiger partial charge in [-0.1, -0.05) is 18.2 Å². The molecule has 1 aliphatic heterocycles. The van der Waals surface area contributed by atoms with Crippen molar-refractivity contribution in [3.8, 4) is 0 Å². The lowest BCUT2D eigenvalue weighted by molar-refractivity contribution is -0.117. The van der Waals surface area contributed by atoms with Gasteiger partial charge in [0.05, 0.1) is 24.4 Å². The van der Waals surface area contributed by atoms with Crippen LogP contribution >= 0.6 is 0 Å². The molecular weight excluding hydrogens is 366 g/mol. The van der Waals surface area contributed by atoms with E-state index in [-0.39, 0.29) is 11.8 Å². The summed E-state index contributed by atoms with van der Waals surface area (Å²) in [5.74, 6) is 1.11. The molecule has 3 aromatic heterocycles. The van der Waals surface area contributed by atoms with Crippen LogP contribution in [0.1, 0.15) is 34.1 Å². The quantitative estimate of drug-likeness (QED) is 0.556. The minimum Gasteiger partial charge on any atom is -0.447 e. The first kappa shape index (κ1) is 17.5. The Balaban J connectivity index is 1.57. The number of carbonyl (C=O) groups is 1. The third-order valence-corrected chi connectivity index (χ3v) is 5.30. The van der Waals surface area contributed by atoms with Crippen molar-refractivity contribution in [2.24, 2.45) is 0 Å². The molecule has 0 saturated heterocycles. The van der Waals surface area contributed by atoms with Crippen LogP contribution < -0.4 is 10.6 Å². The number of anilines is 2. The van der Waals surface area contributed by atoms with Crippen LogP contribution in [0, 0.1) is 13.8 Å². The summed E-state index contributed by atoms with van der Waals surface area (Å²) in [5, 5.41) is 6.46. The van der Waals surface area contributed by atoms with E-state index in [0.717, 1.165) is 39.5 Å². The third-order valence-electron chi connectivity index (χ3n) is 5.30. The van der Waals surface area contributed by atoms with Crippen LogP contribution in [0.5, 0.6) is 0 Å². The van der Waals surface area contributed by atoms with Crippen LogP contribution in [0.15, 0.2) is 53.5 Å². The highest BCUT2D eigenvalue weighted by Gasteiger charge is 2.32. The van der Waals surface area contributed by atoms with Crippen LogP contribution in [0.2, 0.25) is 0 Å². The van der Waals surface area contributed by atoms with E-state index in [2.05, 4.69) is 27.8 Å². The number of nitrogens with zero attached hydrogens (tertiary/aromatic N) is 3. The Labute approximate surface area is 167 Å². The van der Waals surface area contributed by atoms with Gasteiger partial charge in [-0.3, -0.25) is 9.20 Å². The number of aromatic nitrogens is 3. The van der Waals surface area contributed by atoms with Crippen molar-refractivity contribution >= 4 is 23.1 Å². The molecule has 0 bridgehead atoms. The molecule has 1 atom stereocenters. The zero-order valence-electron chi connectivity index (χ0n) is 16.3. The summed E-state index contributed by atoms with van der Waals surface area (Å²) in [4.78, 5) is 21.8. The maximum absolute atomic E-state index is 13.0. The van der Waals surface area contributed by atoms with E-state index < -0.39 is 0 Å². The summed E-state index contributed by atoms with van der Waals surface area (Å²) in [6.07, 6.45) is 5.71. The SMILES string of the molecule is Cc1ccc2c(c1)NC(=O)C(c1nc3ccc(C)cn3c1NCc1cnco1)C2. The van der Waals surface area contributed by atoms with Crippen LogP contribution in [-0.2, 0) is 17.8 Å². The van der Waals surface area contributed by atoms with E-state index in [1.807, 2.05) is 42.6 Å². The highest BCUT2D eigenvalue weighted by atomic mass is 16.3. The molecule has 0 saturated carbocycles. The molecule has 0 aliphatic carbocycles. The second kappa shape index (κ2) is 6.77. The van der Waals surface area contributed by atoms with Gasteiger partial charge >= 0.3 is 0 Å². The first-order valence-corrected chi connectivity index (χ1v) is 9.59. The number of rotatable bonds is 4. The van der Waals surface area contributed by atoms with Crippen molar-refractivity contribution in [3.05, 3.63) is 77.3 Å². The zero-order valence-corrected chi connectivity index (χ0v) is 16.3. The van der Waals surface area contributed by atoms with Crippen LogP contribution in [-0.4, -0.2) is 20.3 Å². The number of hydrogen-bond acceptors (Lipinski definition) is 5. The van der Waals surface area contributed by atoms with Gasteiger partial charge in [0.15, 0.2) is 6.39 Å². The van der Waals surface area contributed by atoms with Crippen molar-refractivity contribution in [3.63, 3.8) is 0 Å². The number of pyridine rings is 1. The fourth-order valence-electron chi connectivity index (χ4n) is 3.83. The van der Waals surface area contributed by atoms with E-state index in [4.69, 9.17) is 9.40 Å². The third kappa shape index (κ3) is 3.14. The van der Waals surface area contributed by atoms with Gasteiger partial charge in [-0.05, 0) is 49.1 Å². The van der Waals surface area contributed by atoms with Crippen molar-refractivity contribution in [1.82, 2.24) is 14.4 Å². The molecule has 5 rings (SSSR count). The minimum atomic E-state index is -0.373. The summed E-state index contributed by atoms with van der Waals surface area (Å²) in [6, 6.07) is 10.2. The standard InChI is InChI=1S/C22H21N5O2/c1-13-3-5-15-8-17(22(28)25-18(15)7-13)20-21(24-10-16-9-23-12-29-16)27-11-14(2)4-6-19(27)26-20/h3-7,9,11-12,17,24H,8,10H2,1-2H3,(H,25,28). The first-order chi connectivity index (χ1) is 14.1. The van der Waals surface area contributed by atoms with Crippen molar-refractivity contribution in [1.29, 1.82) is 0 Å². The predicted molar refractivity (Wildman–Crippen MR) is 110 cm³/mol. The zero-order chi connectivity index (χ0) is 20.0. The molecule has 0 spiro atoms. The van der Waals surface area contributed by atoms with E-state index in [1.54, 1.807) is 6.20 Å². The number of benzene rings is 1. The van der Waals surface area contributed by atoms with Crippen LogP contribution in [0.3, 0.4) is 0 Å². The molecule has 1 aliphatic rings. The van der Waals surface area contributed by atoms with Gasteiger partial charge in [-0.15, -0.1) is 0 Å². The Morgan fingerprint density at radius 1 is 1.24 bits per heavy atom. The highest BCUT2D eigenvalue weighted by molar-refractivity contribution is 5.99. The molecule has 7 heteroatoms. The molecule has 0 radical (unpaired) electrons. The maximum atomic E-state index is 13.0. The van der Waals surface area contributed by atoms with Crippen LogP contribution in [0.4, 0.5) is 11.5 Å². The molecule has 1 aromatic carbocycles. The molecule has 29 heavy (non-hydrogen) atoms. The average molecular weight is 387 g/mol. The van der Waals surface area contributed by atoms with Crippen molar-refractivity contribution in [2.75, 3.05) is 10.6 Å². The van der Waals surface area contributed by atoms with Gasteiger partial charge in [0.1, 0.15) is 17.2 Å². The fourth-order valence-corrected chi connectivity index (χ4v) is 3.83. The normalized spacial score (nSPS) is 15.9. The number of imidazole rings is 1. The number of aryl methyl sites for hydroxylation is 2. The van der Waals surface area contributed by atoms with Crippen molar-refractivity contribution < 1.29 is 9.21 Å². The number of fused-ring (bicyclic) bond motifs is 2. The highest BCUT2D eigenvalue weighted by Crippen LogP contribution is 2.35. The second-order valence-corrected chi connectivity index (χ2v) is 7.51. The second-order valence-electron chi connectivity index (χ2n) is 7.51.